The molecule has 0 aromatic rings. The number of thiocarbonyl (C=S) groups is 1. The zero-order chi connectivity index (χ0) is 14.2. The topological polar surface area (TPSA) is 23.6 Å². The van der Waals surface area contributed by atoms with Crippen molar-refractivity contribution in [2.75, 3.05) is 13.6 Å². The van der Waals surface area contributed by atoms with Crippen molar-refractivity contribution in [1.82, 2.24) is 9.80 Å². The van der Waals surface area contributed by atoms with Gasteiger partial charge in [0.15, 0.2) is 0 Å². The summed E-state index contributed by atoms with van der Waals surface area (Å²) in [6.45, 7) is 7.38. The van der Waals surface area contributed by atoms with Crippen molar-refractivity contribution in [3.8, 4) is 0 Å². The number of thioether (sulfide) groups is 2. The molecule has 0 atom stereocenters. The quantitative estimate of drug-likeness (QED) is 0.583. The maximum absolute atomic E-state index is 12.2. The summed E-state index contributed by atoms with van der Waals surface area (Å²) in [4.78, 5) is 18.1. The first kappa shape index (κ1) is 14.9. The summed E-state index contributed by atoms with van der Waals surface area (Å²) in [5, 5.41) is 1.06. The molecule has 19 heavy (non-hydrogen) atoms. The second-order valence-electron chi connectivity index (χ2n) is 4.62. The maximum atomic E-state index is 12.2. The van der Waals surface area contributed by atoms with E-state index in [2.05, 4.69) is 25.7 Å². The SMILES string of the molecule is CCCCN1C(C)=C(C)S/C1=C1/SC(=S)N(C)C1=O. The van der Waals surface area contributed by atoms with Crippen molar-refractivity contribution in [3.05, 3.63) is 20.5 Å². The fourth-order valence-electron chi connectivity index (χ4n) is 1.94. The summed E-state index contributed by atoms with van der Waals surface area (Å²) in [7, 11) is 1.74. The van der Waals surface area contributed by atoms with Gasteiger partial charge in [-0.05, 0) is 20.3 Å². The van der Waals surface area contributed by atoms with Gasteiger partial charge in [-0.25, -0.2) is 0 Å². The smallest absolute Gasteiger partial charge is 0.268 e. The Labute approximate surface area is 128 Å². The van der Waals surface area contributed by atoms with Crippen LogP contribution < -0.4 is 0 Å². The number of hydrogen-bond acceptors (Lipinski definition) is 5. The highest BCUT2D eigenvalue weighted by atomic mass is 32.2. The molecule has 104 valence electrons. The Bertz CT molecular complexity index is 496. The van der Waals surface area contributed by atoms with Crippen molar-refractivity contribution in [1.29, 1.82) is 0 Å². The number of unbranched alkanes of at least 4 members (excludes halogenated alkanes) is 1. The highest BCUT2D eigenvalue weighted by molar-refractivity contribution is 8.27. The third kappa shape index (κ3) is 2.71. The van der Waals surface area contributed by atoms with E-state index in [1.807, 2.05) is 0 Å². The molecule has 2 aliphatic heterocycles. The maximum Gasteiger partial charge on any atom is 0.268 e. The first-order valence-electron chi connectivity index (χ1n) is 6.34. The molecular weight excluding hydrogens is 296 g/mol. The highest BCUT2D eigenvalue weighted by Crippen LogP contribution is 2.47. The van der Waals surface area contributed by atoms with E-state index in [9.17, 15) is 4.79 Å². The first-order valence-corrected chi connectivity index (χ1v) is 8.38. The monoisotopic (exact) mass is 314 g/mol. The standard InChI is InChI=1S/C13H18N2OS3/c1-5-6-7-15-8(2)9(3)18-12(15)10-11(16)14(4)13(17)19-10/h5-7H2,1-4H3/b12-10+. The minimum Gasteiger partial charge on any atom is -0.338 e. The van der Waals surface area contributed by atoms with Crippen LogP contribution in [0, 0.1) is 0 Å². The van der Waals surface area contributed by atoms with Crippen LogP contribution in [0.25, 0.3) is 0 Å². The van der Waals surface area contributed by atoms with Crippen LogP contribution in [0.4, 0.5) is 0 Å². The Kier molecular flexibility index (Phi) is 4.63. The Morgan fingerprint density at radius 2 is 1.95 bits per heavy atom. The average molecular weight is 315 g/mol. The predicted molar refractivity (Wildman–Crippen MR) is 87.6 cm³/mol. The predicted octanol–water partition coefficient (Wildman–Crippen LogP) is 3.75. The van der Waals surface area contributed by atoms with E-state index in [1.54, 1.807) is 23.7 Å². The highest BCUT2D eigenvalue weighted by Gasteiger charge is 2.36. The zero-order valence-corrected chi connectivity index (χ0v) is 14.1. The van der Waals surface area contributed by atoms with Crippen molar-refractivity contribution in [2.24, 2.45) is 0 Å². The summed E-state index contributed by atoms with van der Waals surface area (Å²) in [6, 6.07) is 0. The number of hydrogen-bond donors (Lipinski definition) is 0. The molecule has 0 radical (unpaired) electrons. The van der Waals surface area contributed by atoms with Crippen LogP contribution in [0.5, 0.6) is 0 Å². The number of likely N-dealkylation sites (N-methyl/N-ethyl adjacent to an activating group) is 1. The number of carbonyl (C=O) groups excluding carboxylic acids is 1. The molecule has 1 fully saturated rings. The van der Waals surface area contributed by atoms with Crippen LogP contribution in [0.1, 0.15) is 33.6 Å². The van der Waals surface area contributed by atoms with Gasteiger partial charge in [0.05, 0.1) is 5.03 Å². The van der Waals surface area contributed by atoms with E-state index >= 15 is 0 Å². The molecular formula is C13H18N2OS3. The van der Waals surface area contributed by atoms with Gasteiger partial charge >= 0.3 is 0 Å². The Morgan fingerprint density at radius 1 is 1.26 bits per heavy atom. The van der Waals surface area contributed by atoms with Gasteiger partial charge in [-0.3, -0.25) is 9.69 Å². The normalized spacial score (nSPS) is 24.2. The second-order valence-corrected chi connectivity index (χ2v) is 7.46. The lowest BCUT2D eigenvalue weighted by atomic mass is 10.3. The molecule has 0 N–H and O–H groups in total. The number of amides is 1. The lowest BCUT2D eigenvalue weighted by molar-refractivity contribution is -0.121. The molecule has 0 aliphatic carbocycles. The largest absolute Gasteiger partial charge is 0.338 e. The summed E-state index contributed by atoms with van der Waals surface area (Å²) in [6.07, 6.45) is 2.27. The van der Waals surface area contributed by atoms with E-state index in [1.165, 1.54) is 22.4 Å². The lowest BCUT2D eigenvalue weighted by Crippen LogP contribution is -2.24. The fraction of sp³-hybridized carbons (Fsp3) is 0.538. The lowest BCUT2D eigenvalue weighted by Gasteiger charge is -2.22. The van der Waals surface area contributed by atoms with E-state index in [0.29, 0.717) is 4.32 Å². The van der Waals surface area contributed by atoms with Gasteiger partial charge in [0, 0.05) is 24.2 Å². The Balaban J connectivity index is 2.34. The van der Waals surface area contributed by atoms with E-state index in [-0.39, 0.29) is 5.91 Å². The van der Waals surface area contributed by atoms with Crippen molar-refractivity contribution < 1.29 is 4.79 Å². The number of carbonyl (C=O) groups is 1. The molecule has 2 heterocycles. The molecule has 0 unspecified atom stereocenters. The molecule has 2 aliphatic rings. The van der Waals surface area contributed by atoms with Gasteiger partial charge in [0.25, 0.3) is 5.91 Å². The van der Waals surface area contributed by atoms with Crippen LogP contribution in [-0.4, -0.2) is 33.6 Å². The summed E-state index contributed by atoms with van der Waals surface area (Å²) < 4.78 is 0.644. The van der Waals surface area contributed by atoms with Gasteiger partial charge < -0.3 is 4.90 Å². The third-order valence-corrected chi connectivity index (χ3v) is 6.19. The number of nitrogens with zero attached hydrogens (tertiary/aromatic N) is 2. The molecule has 2 rings (SSSR count). The number of rotatable bonds is 3. The molecule has 0 bridgehead atoms. The molecule has 0 aromatic heterocycles. The molecule has 6 heteroatoms. The third-order valence-electron chi connectivity index (χ3n) is 3.30. The van der Waals surface area contributed by atoms with Gasteiger partial charge in [0.1, 0.15) is 9.23 Å². The van der Waals surface area contributed by atoms with Crippen molar-refractivity contribution in [3.63, 3.8) is 0 Å². The van der Waals surface area contributed by atoms with Gasteiger partial charge in [-0.15, -0.1) is 0 Å². The summed E-state index contributed by atoms with van der Waals surface area (Å²) >= 11 is 8.32. The summed E-state index contributed by atoms with van der Waals surface area (Å²) in [5.41, 5.74) is 1.26. The van der Waals surface area contributed by atoms with Crippen LogP contribution >= 0.6 is 35.7 Å². The molecule has 1 amide bonds. The van der Waals surface area contributed by atoms with Crippen LogP contribution in [-0.2, 0) is 4.79 Å². The second kappa shape index (κ2) is 5.89. The zero-order valence-electron chi connectivity index (χ0n) is 11.6. The minimum atomic E-state index is 0.0292. The molecule has 0 saturated carbocycles. The molecule has 1 saturated heterocycles. The molecule has 0 spiro atoms. The average Bonchev–Trinajstić information content (AvgIpc) is 2.80. The van der Waals surface area contributed by atoms with Gasteiger partial charge in [-0.1, -0.05) is 49.1 Å². The van der Waals surface area contributed by atoms with E-state index in [4.69, 9.17) is 12.2 Å². The van der Waals surface area contributed by atoms with Gasteiger partial charge in [-0.2, -0.15) is 0 Å². The minimum absolute atomic E-state index is 0.0292. The van der Waals surface area contributed by atoms with Crippen LogP contribution in [0.15, 0.2) is 20.5 Å². The van der Waals surface area contributed by atoms with Crippen molar-refractivity contribution in [2.45, 2.75) is 33.6 Å². The van der Waals surface area contributed by atoms with Crippen LogP contribution in [0.2, 0.25) is 0 Å². The fourth-order valence-corrected chi connectivity index (χ4v) is 4.41. The van der Waals surface area contributed by atoms with E-state index in [0.717, 1.165) is 29.3 Å². The molecule has 3 nitrogen and oxygen atoms in total. The first-order chi connectivity index (χ1) is 8.97. The number of allylic oxidation sites excluding steroid dienone is 2. The Morgan fingerprint density at radius 3 is 2.47 bits per heavy atom. The van der Waals surface area contributed by atoms with Gasteiger partial charge in [0.2, 0.25) is 0 Å². The van der Waals surface area contributed by atoms with E-state index < -0.39 is 0 Å². The Hall–Kier alpha value is -0.460. The molecule has 0 aromatic carbocycles. The van der Waals surface area contributed by atoms with Crippen molar-refractivity contribution >= 4 is 46.0 Å². The summed E-state index contributed by atoms with van der Waals surface area (Å²) in [5.74, 6) is 0.0292. The van der Waals surface area contributed by atoms with Crippen LogP contribution in [0.3, 0.4) is 0 Å².